The maximum Gasteiger partial charge on any atom is 0.262 e. The van der Waals surface area contributed by atoms with E-state index in [1.165, 1.54) is 18.2 Å². The molecule has 1 aliphatic rings. The van der Waals surface area contributed by atoms with Crippen LogP contribution in [0, 0.1) is 5.92 Å². The summed E-state index contributed by atoms with van der Waals surface area (Å²) in [5, 5.41) is 2.73. The number of benzene rings is 1. The molecule has 0 radical (unpaired) electrons. The highest BCUT2D eigenvalue weighted by Gasteiger charge is 2.24. The van der Waals surface area contributed by atoms with Crippen molar-refractivity contribution in [2.24, 2.45) is 5.92 Å². The number of hydrogen-bond acceptors (Lipinski definition) is 3. The summed E-state index contributed by atoms with van der Waals surface area (Å²) < 4.78 is 22.7. The molecule has 0 atom stereocenters. The van der Waals surface area contributed by atoms with Gasteiger partial charge in [0.05, 0.1) is 4.90 Å². The number of rotatable bonds is 4. The largest absolute Gasteiger partial charge is 0.326 e. The van der Waals surface area contributed by atoms with Crippen molar-refractivity contribution in [2.75, 3.05) is 5.32 Å². The Labute approximate surface area is 118 Å². The SMILES string of the molecule is O=C(CC1CC1)Nc1ccc(S(=O)(=O)Cl)c(Br)c1. The van der Waals surface area contributed by atoms with E-state index >= 15 is 0 Å². The van der Waals surface area contributed by atoms with E-state index in [1.54, 1.807) is 0 Å². The molecule has 7 heteroatoms. The minimum atomic E-state index is -3.78. The van der Waals surface area contributed by atoms with Crippen LogP contribution in [0.25, 0.3) is 0 Å². The van der Waals surface area contributed by atoms with Crippen molar-refractivity contribution >= 4 is 47.3 Å². The van der Waals surface area contributed by atoms with Gasteiger partial charge >= 0.3 is 0 Å². The van der Waals surface area contributed by atoms with E-state index in [0.29, 0.717) is 22.5 Å². The first kappa shape index (κ1) is 13.8. The molecule has 0 spiro atoms. The fraction of sp³-hybridized carbons (Fsp3) is 0.364. The lowest BCUT2D eigenvalue weighted by molar-refractivity contribution is -0.116. The molecule has 2 rings (SSSR count). The lowest BCUT2D eigenvalue weighted by Gasteiger charge is -2.07. The van der Waals surface area contributed by atoms with Gasteiger partial charge < -0.3 is 5.32 Å². The van der Waals surface area contributed by atoms with Gasteiger partial charge in [-0.2, -0.15) is 0 Å². The van der Waals surface area contributed by atoms with E-state index in [1.807, 2.05) is 0 Å². The van der Waals surface area contributed by atoms with Crippen molar-refractivity contribution in [1.82, 2.24) is 0 Å². The van der Waals surface area contributed by atoms with Gasteiger partial charge in [-0.25, -0.2) is 8.42 Å². The number of nitrogens with one attached hydrogen (secondary N) is 1. The van der Waals surface area contributed by atoms with Gasteiger partial charge in [0, 0.05) is 27.3 Å². The predicted molar refractivity (Wildman–Crippen MR) is 73.2 cm³/mol. The summed E-state index contributed by atoms with van der Waals surface area (Å²) in [5.74, 6) is 0.460. The molecule has 98 valence electrons. The van der Waals surface area contributed by atoms with Gasteiger partial charge in [0.25, 0.3) is 9.05 Å². The van der Waals surface area contributed by atoms with Crippen molar-refractivity contribution in [1.29, 1.82) is 0 Å². The monoisotopic (exact) mass is 351 g/mol. The van der Waals surface area contributed by atoms with Crippen LogP contribution in [-0.4, -0.2) is 14.3 Å². The van der Waals surface area contributed by atoms with E-state index in [9.17, 15) is 13.2 Å². The maximum atomic E-state index is 11.6. The van der Waals surface area contributed by atoms with Gasteiger partial charge in [-0.05, 0) is 52.9 Å². The van der Waals surface area contributed by atoms with Gasteiger partial charge in [0.15, 0.2) is 0 Å². The summed E-state index contributed by atoms with van der Waals surface area (Å²) in [5.41, 5.74) is 0.552. The summed E-state index contributed by atoms with van der Waals surface area (Å²) in [7, 11) is 1.48. The number of amides is 1. The lowest BCUT2D eigenvalue weighted by Crippen LogP contribution is -2.12. The van der Waals surface area contributed by atoms with E-state index in [4.69, 9.17) is 10.7 Å². The molecule has 0 aromatic heterocycles. The first-order chi connectivity index (χ1) is 8.36. The van der Waals surface area contributed by atoms with Crippen LogP contribution in [0.4, 0.5) is 5.69 Å². The zero-order chi connectivity index (χ0) is 13.3. The molecule has 4 nitrogen and oxygen atoms in total. The summed E-state index contributed by atoms with van der Waals surface area (Å²) in [6.45, 7) is 0. The Morgan fingerprint density at radius 1 is 1.44 bits per heavy atom. The predicted octanol–water partition coefficient (Wildman–Crippen LogP) is 3.12. The Bertz CT molecular complexity index is 584. The second-order valence-electron chi connectivity index (χ2n) is 4.28. The maximum absolute atomic E-state index is 11.6. The number of carbonyl (C=O) groups excluding carboxylic acids is 1. The third-order valence-electron chi connectivity index (χ3n) is 2.65. The first-order valence-electron chi connectivity index (χ1n) is 5.40. The Morgan fingerprint density at radius 3 is 2.61 bits per heavy atom. The highest BCUT2D eigenvalue weighted by molar-refractivity contribution is 9.10. The van der Waals surface area contributed by atoms with Crippen LogP contribution in [0.1, 0.15) is 19.3 Å². The fourth-order valence-corrected chi connectivity index (χ4v) is 3.80. The molecule has 1 N–H and O–H groups in total. The smallest absolute Gasteiger partial charge is 0.262 e. The average molecular weight is 353 g/mol. The molecule has 18 heavy (non-hydrogen) atoms. The molecule has 1 amide bonds. The topological polar surface area (TPSA) is 63.2 Å². The van der Waals surface area contributed by atoms with Crippen LogP contribution in [0.2, 0.25) is 0 Å². The molecular formula is C11H11BrClNO3S. The quantitative estimate of drug-likeness (QED) is 0.847. The lowest BCUT2D eigenvalue weighted by atomic mass is 10.2. The Morgan fingerprint density at radius 2 is 2.11 bits per heavy atom. The summed E-state index contributed by atoms with van der Waals surface area (Å²) in [6, 6.07) is 4.41. The first-order valence-corrected chi connectivity index (χ1v) is 8.50. The Kier molecular flexibility index (Phi) is 3.99. The Hall–Kier alpha value is -0.590. The fourth-order valence-electron chi connectivity index (χ4n) is 1.57. The van der Waals surface area contributed by atoms with E-state index in [0.717, 1.165) is 12.8 Å². The van der Waals surface area contributed by atoms with Gasteiger partial charge in [-0.1, -0.05) is 0 Å². The van der Waals surface area contributed by atoms with Gasteiger partial charge in [0.1, 0.15) is 0 Å². The number of anilines is 1. The van der Waals surface area contributed by atoms with E-state index in [2.05, 4.69) is 21.2 Å². The van der Waals surface area contributed by atoms with Crippen molar-refractivity contribution < 1.29 is 13.2 Å². The minimum Gasteiger partial charge on any atom is -0.326 e. The van der Waals surface area contributed by atoms with Crippen LogP contribution < -0.4 is 5.32 Å². The zero-order valence-electron chi connectivity index (χ0n) is 9.32. The van der Waals surface area contributed by atoms with E-state index in [-0.39, 0.29) is 10.8 Å². The highest BCUT2D eigenvalue weighted by Crippen LogP contribution is 2.33. The molecular weight excluding hydrogens is 342 g/mol. The molecule has 1 aromatic rings. The van der Waals surface area contributed by atoms with Gasteiger partial charge in [-0.15, -0.1) is 0 Å². The van der Waals surface area contributed by atoms with E-state index < -0.39 is 9.05 Å². The molecule has 0 saturated heterocycles. The molecule has 1 aromatic carbocycles. The third kappa shape index (κ3) is 3.70. The Balaban J connectivity index is 2.10. The molecule has 1 aliphatic carbocycles. The van der Waals surface area contributed by atoms with Crippen LogP contribution in [0.5, 0.6) is 0 Å². The molecule has 0 bridgehead atoms. The summed E-state index contributed by atoms with van der Waals surface area (Å²) in [6.07, 6.45) is 2.74. The third-order valence-corrected chi connectivity index (χ3v) is 4.95. The number of hydrogen-bond donors (Lipinski definition) is 1. The minimum absolute atomic E-state index is 0.00985. The average Bonchev–Trinajstić information content (AvgIpc) is 2.99. The van der Waals surface area contributed by atoms with Crippen LogP contribution in [0.3, 0.4) is 0 Å². The molecule has 1 saturated carbocycles. The second-order valence-corrected chi connectivity index (χ2v) is 7.67. The number of carbonyl (C=O) groups is 1. The van der Waals surface area contributed by atoms with Crippen LogP contribution in [-0.2, 0) is 13.8 Å². The molecule has 0 aliphatic heterocycles. The van der Waals surface area contributed by atoms with Crippen molar-refractivity contribution in [3.63, 3.8) is 0 Å². The summed E-state index contributed by atoms with van der Waals surface area (Å²) in [4.78, 5) is 11.6. The molecule has 1 fully saturated rings. The standard InChI is InChI=1S/C11H11BrClNO3S/c12-9-6-8(3-4-10(9)18(13,16)17)14-11(15)5-7-1-2-7/h3-4,6-7H,1-2,5H2,(H,14,15). The van der Waals surface area contributed by atoms with Gasteiger partial charge in [-0.3, -0.25) is 4.79 Å². The number of halogens is 2. The highest BCUT2D eigenvalue weighted by atomic mass is 79.9. The molecule has 0 heterocycles. The van der Waals surface area contributed by atoms with Crippen molar-refractivity contribution in [3.8, 4) is 0 Å². The van der Waals surface area contributed by atoms with Crippen LogP contribution in [0.15, 0.2) is 27.6 Å². The second kappa shape index (κ2) is 5.19. The normalized spacial score (nSPS) is 15.4. The zero-order valence-corrected chi connectivity index (χ0v) is 12.5. The molecule has 0 unspecified atom stereocenters. The van der Waals surface area contributed by atoms with Crippen molar-refractivity contribution in [2.45, 2.75) is 24.2 Å². The van der Waals surface area contributed by atoms with Gasteiger partial charge in [0.2, 0.25) is 5.91 Å². The summed E-state index contributed by atoms with van der Waals surface area (Å²) >= 11 is 3.12. The van der Waals surface area contributed by atoms with Crippen molar-refractivity contribution in [3.05, 3.63) is 22.7 Å². The van der Waals surface area contributed by atoms with Crippen LogP contribution >= 0.6 is 26.6 Å².